The van der Waals surface area contributed by atoms with Crippen LogP contribution in [-0.4, -0.2) is 34.8 Å². The van der Waals surface area contributed by atoms with Gasteiger partial charge in [-0.15, -0.1) is 0 Å². The number of hydrogen-bond donors (Lipinski definition) is 1. The van der Waals surface area contributed by atoms with Crippen molar-refractivity contribution in [2.45, 2.75) is 38.4 Å². The highest BCUT2D eigenvalue weighted by Gasteiger charge is 2.31. The molecule has 1 aromatic carbocycles. The van der Waals surface area contributed by atoms with Crippen LogP contribution in [0.5, 0.6) is 0 Å². The number of nitrogens with zero attached hydrogens (tertiary/aromatic N) is 2. The largest absolute Gasteiger partial charge is 0.416 e. The average Bonchev–Trinajstić information content (AvgIpc) is 2.74. The van der Waals surface area contributed by atoms with Gasteiger partial charge in [0, 0.05) is 43.5 Å². The predicted molar refractivity (Wildman–Crippen MR) is 110 cm³/mol. The number of piperidine rings is 1. The Bertz CT molecular complexity index is 914. The predicted octanol–water partition coefficient (Wildman–Crippen LogP) is 4.24. The first kappa shape index (κ1) is 23.1. The Morgan fingerprint density at radius 2 is 1.94 bits per heavy atom. The number of alkyl halides is 3. The van der Waals surface area contributed by atoms with Crippen molar-refractivity contribution in [1.82, 2.24) is 15.2 Å². The SMILES string of the molecule is O=C(CC1CCN(C(=O)Cc2cc(C(F)(F)F)ccc2Cl)CC1)NCc1cccnc1. The molecule has 2 amide bonds. The van der Waals surface area contributed by atoms with Crippen LogP contribution in [0.2, 0.25) is 5.02 Å². The van der Waals surface area contributed by atoms with Crippen LogP contribution < -0.4 is 5.32 Å². The molecule has 166 valence electrons. The number of halogens is 4. The highest BCUT2D eigenvalue weighted by atomic mass is 35.5. The number of nitrogens with one attached hydrogen (secondary N) is 1. The van der Waals surface area contributed by atoms with Gasteiger partial charge in [-0.05, 0) is 54.2 Å². The third-order valence-corrected chi connectivity index (χ3v) is 5.74. The summed E-state index contributed by atoms with van der Waals surface area (Å²) in [5, 5.41) is 3.01. The van der Waals surface area contributed by atoms with Crippen molar-refractivity contribution in [3.05, 3.63) is 64.4 Å². The second kappa shape index (κ2) is 10.1. The Hall–Kier alpha value is -2.61. The van der Waals surface area contributed by atoms with Gasteiger partial charge in [0.25, 0.3) is 0 Å². The Morgan fingerprint density at radius 3 is 2.58 bits per heavy atom. The first-order valence-corrected chi connectivity index (χ1v) is 10.4. The first-order chi connectivity index (χ1) is 14.7. The lowest BCUT2D eigenvalue weighted by molar-refractivity contribution is -0.138. The number of amides is 2. The van der Waals surface area contributed by atoms with Crippen LogP contribution in [0.1, 0.15) is 36.0 Å². The summed E-state index contributed by atoms with van der Waals surface area (Å²) in [5.41, 5.74) is 0.263. The molecule has 1 saturated heterocycles. The minimum absolute atomic E-state index is 0.0515. The molecule has 1 N–H and O–H groups in total. The van der Waals surface area contributed by atoms with E-state index in [2.05, 4.69) is 10.3 Å². The van der Waals surface area contributed by atoms with Crippen LogP contribution in [0.3, 0.4) is 0 Å². The van der Waals surface area contributed by atoms with E-state index in [0.29, 0.717) is 38.9 Å². The maximum absolute atomic E-state index is 12.9. The summed E-state index contributed by atoms with van der Waals surface area (Å²) in [7, 11) is 0. The van der Waals surface area contributed by atoms with E-state index in [4.69, 9.17) is 11.6 Å². The summed E-state index contributed by atoms with van der Waals surface area (Å²) >= 11 is 6.00. The van der Waals surface area contributed by atoms with E-state index in [1.165, 1.54) is 6.07 Å². The topological polar surface area (TPSA) is 62.3 Å². The molecule has 5 nitrogen and oxygen atoms in total. The van der Waals surface area contributed by atoms with Crippen molar-refractivity contribution < 1.29 is 22.8 Å². The van der Waals surface area contributed by atoms with E-state index in [1.807, 2.05) is 6.07 Å². The summed E-state index contributed by atoms with van der Waals surface area (Å²) in [6, 6.07) is 6.69. The zero-order valence-electron chi connectivity index (χ0n) is 16.8. The van der Waals surface area contributed by atoms with Gasteiger partial charge in [0.1, 0.15) is 0 Å². The summed E-state index contributed by atoms with van der Waals surface area (Å²) in [6.45, 7) is 1.35. The third kappa shape index (κ3) is 6.69. The molecule has 0 spiro atoms. The molecule has 2 aromatic rings. The van der Waals surface area contributed by atoms with Gasteiger partial charge in [0.05, 0.1) is 12.0 Å². The molecule has 0 unspecified atom stereocenters. The monoisotopic (exact) mass is 453 g/mol. The zero-order chi connectivity index (χ0) is 22.4. The Kier molecular flexibility index (Phi) is 7.54. The molecule has 3 rings (SSSR count). The number of aromatic nitrogens is 1. The molecule has 0 saturated carbocycles. The molecular formula is C22H23ClF3N3O2. The number of rotatable bonds is 6. The second-order valence-corrected chi connectivity index (χ2v) is 8.05. The van der Waals surface area contributed by atoms with E-state index in [-0.39, 0.29) is 34.7 Å². The Morgan fingerprint density at radius 1 is 1.19 bits per heavy atom. The Labute approximate surface area is 183 Å². The van der Waals surface area contributed by atoms with E-state index < -0.39 is 11.7 Å². The van der Waals surface area contributed by atoms with Crippen molar-refractivity contribution in [2.24, 2.45) is 5.92 Å². The van der Waals surface area contributed by atoms with Gasteiger partial charge >= 0.3 is 6.18 Å². The quantitative estimate of drug-likeness (QED) is 0.711. The van der Waals surface area contributed by atoms with E-state index >= 15 is 0 Å². The number of hydrogen-bond acceptors (Lipinski definition) is 3. The molecule has 0 radical (unpaired) electrons. The molecule has 31 heavy (non-hydrogen) atoms. The molecule has 0 bridgehead atoms. The number of carbonyl (C=O) groups is 2. The number of pyridine rings is 1. The molecule has 1 aliphatic heterocycles. The van der Waals surface area contributed by atoms with Crippen LogP contribution in [0.15, 0.2) is 42.7 Å². The molecule has 2 heterocycles. The molecule has 1 aliphatic rings. The third-order valence-electron chi connectivity index (χ3n) is 5.37. The van der Waals surface area contributed by atoms with E-state index in [9.17, 15) is 22.8 Å². The summed E-state index contributed by atoms with van der Waals surface area (Å²) < 4.78 is 38.7. The van der Waals surface area contributed by atoms with Crippen molar-refractivity contribution in [3.63, 3.8) is 0 Å². The van der Waals surface area contributed by atoms with Crippen LogP contribution in [0.4, 0.5) is 13.2 Å². The minimum atomic E-state index is -4.49. The van der Waals surface area contributed by atoms with Gasteiger partial charge in [-0.1, -0.05) is 17.7 Å². The fraction of sp³-hybridized carbons (Fsp3) is 0.409. The van der Waals surface area contributed by atoms with Crippen LogP contribution in [0, 0.1) is 5.92 Å². The molecule has 1 aromatic heterocycles. The highest BCUT2D eigenvalue weighted by molar-refractivity contribution is 6.31. The number of carbonyl (C=O) groups excluding carboxylic acids is 2. The van der Waals surface area contributed by atoms with Crippen LogP contribution in [0.25, 0.3) is 0 Å². The maximum atomic E-state index is 12.9. The fourth-order valence-corrected chi connectivity index (χ4v) is 3.77. The maximum Gasteiger partial charge on any atom is 0.416 e. The van der Waals surface area contributed by atoms with Crippen molar-refractivity contribution in [3.8, 4) is 0 Å². The molecule has 9 heteroatoms. The van der Waals surface area contributed by atoms with Gasteiger partial charge in [0.2, 0.25) is 11.8 Å². The minimum Gasteiger partial charge on any atom is -0.352 e. The highest BCUT2D eigenvalue weighted by Crippen LogP contribution is 2.32. The summed E-state index contributed by atoms with van der Waals surface area (Å²) in [4.78, 5) is 30.4. The molecule has 0 atom stereocenters. The van der Waals surface area contributed by atoms with Gasteiger partial charge in [-0.2, -0.15) is 13.2 Å². The van der Waals surface area contributed by atoms with E-state index in [0.717, 1.165) is 17.7 Å². The lowest BCUT2D eigenvalue weighted by Crippen LogP contribution is -2.40. The van der Waals surface area contributed by atoms with Gasteiger partial charge in [0.15, 0.2) is 0 Å². The lowest BCUT2D eigenvalue weighted by atomic mass is 9.92. The molecule has 1 fully saturated rings. The average molecular weight is 454 g/mol. The zero-order valence-corrected chi connectivity index (χ0v) is 17.5. The van der Waals surface area contributed by atoms with Gasteiger partial charge in [-0.25, -0.2) is 0 Å². The number of benzene rings is 1. The standard InChI is InChI=1S/C22H23ClF3N3O2/c23-19-4-3-18(22(24,25)26)11-17(19)12-21(31)29-8-5-15(6-9-29)10-20(30)28-14-16-2-1-7-27-13-16/h1-4,7,11,13,15H,5-6,8-10,12,14H2,(H,28,30). The lowest BCUT2D eigenvalue weighted by Gasteiger charge is -2.32. The van der Waals surface area contributed by atoms with Crippen LogP contribution in [-0.2, 0) is 28.7 Å². The molecule has 0 aliphatic carbocycles. The smallest absolute Gasteiger partial charge is 0.352 e. The van der Waals surface area contributed by atoms with Gasteiger partial charge in [-0.3, -0.25) is 14.6 Å². The van der Waals surface area contributed by atoms with Crippen LogP contribution >= 0.6 is 11.6 Å². The first-order valence-electron chi connectivity index (χ1n) is 10.0. The summed E-state index contributed by atoms with van der Waals surface area (Å²) in [6.07, 6.45) is 0.409. The van der Waals surface area contributed by atoms with Crippen molar-refractivity contribution >= 4 is 23.4 Å². The molecular weight excluding hydrogens is 431 g/mol. The summed E-state index contributed by atoms with van der Waals surface area (Å²) in [5.74, 6) is -0.153. The fourth-order valence-electron chi connectivity index (χ4n) is 3.59. The van der Waals surface area contributed by atoms with Crippen molar-refractivity contribution in [1.29, 1.82) is 0 Å². The normalized spacial score (nSPS) is 15.0. The van der Waals surface area contributed by atoms with Gasteiger partial charge < -0.3 is 10.2 Å². The Balaban J connectivity index is 1.46. The van der Waals surface area contributed by atoms with Crippen molar-refractivity contribution in [2.75, 3.05) is 13.1 Å². The van der Waals surface area contributed by atoms with E-state index in [1.54, 1.807) is 23.4 Å². The number of likely N-dealkylation sites (tertiary alicyclic amines) is 1. The second-order valence-electron chi connectivity index (χ2n) is 7.65.